The largest absolute Gasteiger partial charge is 0.340 e. The van der Waals surface area contributed by atoms with Crippen molar-refractivity contribution >= 4 is 17.5 Å². The number of aromatic nitrogens is 2. The molecule has 1 fully saturated rings. The minimum Gasteiger partial charge on any atom is -0.340 e. The smallest absolute Gasteiger partial charge is 0.227 e. The van der Waals surface area contributed by atoms with E-state index in [0.717, 1.165) is 36.2 Å². The SMILES string of the molecule is Cc1cc(Nc2c(C)cccc2C)nc(N2CCCC(C)C2)n1. The van der Waals surface area contributed by atoms with E-state index in [-0.39, 0.29) is 0 Å². The highest BCUT2D eigenvalue weighted by atomic mass is 15.3. The predicted octanol–water partition coefficient (Wildman–Crippen LogP) is 4.38. The Morgan fingerprint density at radius 3 is 2.57 bits per heavy atom. The molecule has 3 rings (SSSR count). The van der Waals surface area contributed by atoms with Crippen LogP contribution in [0.2, 0.25) is 0 Å². The van der Waals surface area contributed by atoms with Gasteiger partial charge in [-0.15, -0.1) is 0 Å². The number of hydrogen-bond acceptors (Lipinski definition) is 4. The molecule has 122 valence electrons. The third-order valence-corrected chi connectivity index (χ3v) is 4.52. The van der Waals surface area contributed by atoms with Gasteiger partial charge in [-0.05, 0) is 50.7 Å². The van der Waals surface area contributed by atoms with Crippen molar-refractivity contribution < 1.29 is 0 Å². The molecule has 1 aromatic carbocycles. The molecule has 2 aromatic rings. The van der Waals surface area contributed by atoms with Crippen LogP contribution in [-0.4, -0.2) is 23.1 Å². The van der Waals surface area contributed by atoms with Crippen molar-refractivity contribution in [2.24, 2.45) is 5.92 Å². The normalized spacial score (nSPS) is 18.1. The van der Waals surface area contributed by atoms with E-state index < -0.39 is 0 Å². The van der Waals surface area contributed by atoms with Crippen LogP contribution in [0.25, 0.3) is 0 Å². The molecule has 23 heavy (non-hydrogen) atoms. The zero-order valence-electron chi connectivity index (χ0n) is 14.6. The first-order valence-electron chi connectivity index (χ1n) is 8.47. The third kappa shape index (κ3) is 3.63. The molecule has 2 heterocycles. The minimum atomic E-state index is 0.711. The van der Waals surface area contributed by atoms with Crippen LogP contribution in [0.15, 0.2) is 24.3 Å². The van der Waals surface area contributed by atoms with Crippen molar-refractivity contribution in [2.75, 3.05) is 23.3 Å². The summed E-state index contributed by atoms with van der Waals surface area (Å²) in [4.78, 5) is 11.7. The molecule has 4 nitrogen and oxygen atoms in total. The number of para-hydroxylation sites is 1. The van der Waals surface area contributed by atoms with Crippen molar-refractivity contribution in [1.82, 2.24) is 9.97 Å². The van der Waals surface area contributed by atoms with Gasteiger partial charge in [0.2, 0.25) is 5.95 Å². The van der Waals surface area contributed by atoms with Gasteiger partial charge in [-0.3, -0.25) is 0 Å². The highest BCUT2D eigenvalue weighted by Crippen LogP contribution is 2.26. The van der Waals surface area contributed by atoms with E-state index >= 15 is 0 Å². The van der Waals surface area contributed by atoms with Crippen LogP contribution < -0.4 is 10.2 Å². The average Bonchev–Trinajstić information content (AvgIpc) is 2.51. The molecule has 4 heteroatoms. The van der Waals surface area contributed by atoms with Gasteiger partial charge in [0.15, 0.2) is 0 Å². The van der Waals surface area contributed by atoms with Crippen LogP contribution >= 0.6 is 0 Å². The molecule has 0 saturated carbocycles. The first kappa shape index (κ1) is 15.8. The molecule has 1 N–H and O–H groups in total. The summed E-state index contributed by atoms with van der Waals surface area (Å²) < 4.78 is 0. The van der Waals surface area contributed by atoms with Crippen molar-refractivity contribution in [3.8, 4) is 0 Å². The lowest BCUT2D eigenvalue weighted by molar-refractivity contribution is 0.442. The summed E-state index contributed by atoms with van der Waals surface area (Å²) in [6.45, 7) is 10.7. The Balaban J connectivity index is 1.88. The maximum absolute atomic E-state index is 4.77. The van der Waals surface area contributed by atoms with Gasteiger partial charge in [0, 0.05) is 30.5 Å². The van der Waals surface area contributed by atoms with E-state index in [4.69, 9.17) is 4.98 Å². The van der Waals surface area contributed by atoms with Gasteiger partial charge in [0.05, 0.1) is 0 Å². The lowest BCUT2D eigenvalue weighted by atomic mass is 10.0. The van der Waals surface area contributed by atoms with Gasteiger partial charge in [-0.2, -0.15) is 4.98 Å². The van der Waals surface area contributed by atoms with E-state index in [1.54, 1.807) is 0 Å². The van der Waals surface area contributed by atoms with E-state index in [0.29, 0.717) is 5.92 Å². The van der Waals surface area contributed by atoms with E-state index in [1.807, 2.05) is 13.0 Å². The monoisotopic (exact) mass is 310 g/mol. The van der Waals surface area contributed by atoms with E-state index in [1.165, 1.54) is 24.0 Å². The Morgan fingerprint density at radius 1 is 1.13 bits per heavy atom. The standard InChI is InChI=1S/C19H26N4/c1-13-7-6-10-23(12-13)19-20-16(4)11-17(22-19)21-18-14(2)8-5-9-15(18)3/h5,8-9,11,13H,6-7,10,12H2,1-4H3,(H,20,21,22). The Kier molecular flexibility index (Phi) is 4.51. The number of nitrogens with zero attached hydrogens (tertiary/aromatic N) is 3. The Labute approximate surface area is 139 Å². The second-order valence-electron chi connectivity index (χ2n) is 6.78. The molecule has 1 aliphatic rings. The topological polar surface area (TPSA) is 41.1 Å². The van der Waals surface area contributed by atoms with Crippen molar-refractivity contribution in [1.29, 1.82) is 0 Å². The van der Waals surface area contributed by atoms with Crippen molar-refractivity contribution in [3.05, 3.63) is 41.1 Å². The first-order chi connectivity index (χ1) is 11.0. The second-order valence-corrected chi connectivity index (χ2v) is 6.78. The van der Waals surface area contributed by atoms with Crippen LogP contribution in [0.3, 0.4) is 0 Å². The summed E-state index contributed by atoms with van der Waals surface area (Å²) in [7, 11) is 0. The quantitative estimate of drug-likeness (QED) is 0.913. The molecule has 1 aromatic heterocycles. The average molecular weight is 310 g/mol. The molecular formula is C19H26N4. The highest BCUT2D eigenvalue weighted by Gasteiger charge is 2.19. The van der Waals surface area contributed by atoms with Crippen LogP contribution in [0.5, 0.6) is 0 Å². The van der Waals surface area contributed by atoms with Crippen molar-refractivity contribution in [2.45, 2.75) is 40.5 Å². The molecule has 0 spiro atoms. The van der Waals surface area contributed by atoms with E-state index in [9.17, 15) is 0 Å². The number of hydrogen-bond donors (Lipinski definition) is 1. The highest BCUT2D eigenvalue weighted by molar-refractivity contribution is 5.65. The number of rotatable bonds is 3. The fraction of sp³-hybridized carbons (Fsp3) is 0.474. The number of piperidine rings is 1. The van der Waals surface area contributed by atoms with Crippen LogP contribution in [0.1, 0.15) is 36.6 Å². The van der Waals surface area contributed by atoms with Gasteiger partial charge >= 0.3 is 0 Å². The Bertz CT molecular complexity index is 676. The Hall–Kier alpha value is -2.10. The van der Waals surface area contributed by atoms with Gasteiger partial charge < -0.3 is 10.2 Å². The summed E-state index contributed by atoms with van der Waals surface area (Å²) in [6, 6.07) is 8.34. The molecular weight excluding hydrogens is 284 g/mol. The third-order valence-electron chi connectivity index (χ3n) is 4.52. The zero-order chi connectivity index (χ0) is 16.4. The number of aryl methyl sites for hydroxylation is 3. The fourth-order valence-electron chi connectivity index (χ4n) is 3.27. The minimum absolute atomic E-state index is 0.711. The van der Waals surface area contributed by atoms with Gasteiger partial charge in [-0.1, -0.05) is 25.1 Å². The molecule has 1 atom stereocenters. The second kappa shape index (κ2) is 6.57. The Morgan fingerprint density at radius 2 is 1.87 bits per heavy atom. The molecule has 1 unspecified atom stereocenters. The van der Waals surface area contributed by atoms with Crippen molar-refractivity contribution in [3.63, 3.8) is 0 Å². The summed E-state index contributed by atoms with van der Waals surface area (Å²) in [5, 5.41) is 3.49. The van der Waals surface area contributed by atoms with Gasteiger partial charge in [0.1, 0.15) is 5.82 Å². The lowest BCUT2D eigenvalue weighted by Gasteiger charge is -2.31. The zero-order valence-corrected chi connectivity index (χ0v) is 14.6. The van der Waals surface area contributed by atoms with Gasteiger partial charge in [0.25, 0.3) is 0 Å². The van der Waals surface area contributed by atoms with Crippen LogP contribution in [0.4, 0.5) is 17.5 Å². The molecule has 1 aliphatic heterocycles. The maximum Gasteiger partial charge on any atom is 0.227 e. The lowest BCUT2D eigenvalue weighted by Crippen LogP contribution is -2.35. The molecule has 0 amide bonds. The summed E-state index contributed by atoms with van der Waals surface area (Å²) in [6.07, 6.45) is 2.52. The molecule has 0 bridgehead atoms. The van der Waals surface area contributed by atoms with Gasteiger partial charge in [-0.25, -0.2) is 4.98 Å². The number of nitrogens with one attached hydrogen (secondary N) is 1. The number of anilines is 3. The fourth-order valence-corrected chi connectivity index (χ4v) is 3.27. The summed E-state index contributed by atoms with van der Waals surface area (Å²) in [5.41, 5.74) is 4.61. The predicted molar refractivity (Wildman–Crippen MR) is 96.6 cm³/mol. The summed E-state index contributed by atoms with van der Waals surface area (Å²) >= 11 is 0. The summed E-state index contributed by atoms with van der Waals surface area (Å²) in [5.74, 6) is 2.44. The maximum atomic E-state index is 4.77. The molecule has 1 saturated heterocycles. The van der Waals surface area contributed by atoms with Crippen LogP contribution in [-0.2, 0) is 0 Å². The molecule has 0 radical (unpaired) electrons. The van der Waals surface area contributed by atoms with E-state index in [2.05, 4.69) is 54.2 Å². The van der Waals surface area contributed by atoms with Crippen LogP contribution in [0, 0.1) is 26.7 Å². The first-order valence-corrected chi connectivity index (χ1v) is 8.47. The molecule has 0 aliphatic carbocycles. The number of benzene rings is 1.